The van der Waals surface area contributed by atoms with Gasteiger partial charge in [-0.1, -0.05) is 19.4 Å². The predicted octanol–water partition coefficient (Wildman–Crippen LogP) is 4.52. The molecule has 1 aromatic rings. The van der Waals surface area contributed by atoms with Gasteiger partial charge in [0.05, 0.1) is 12.2 Å². The van der Waals surface area contributed by atoms with Gasteiger partial charge in [-0.15, -0.1) is 0 Å². The monoisotopic (exact) mass is 448 g/mol. The largest absolute Gasteiger partial charge is 0.504 e. The smallest absolute Gasteiger partial charge is 0.303 e. The van der Waals surface area contributed by atoms with E-state index in [0.29, 0.717) is 31.4 Å². The summed E-state index contributed by atoms with van der Waals surface area (Å²) < 4.78 is 11.8. The molecule has 0 radical (unpaired) electrons. The minimum Gasteiger partial charge on any atom is -0.504 e. The summed E-state index contributed by atoms with van der Waals surface area (Å²) in [5.41, 5.74) is 0.302. The number of aliphatic hydroxyl groups is 2. The summed E-state index contributed by atoms with van der Waals surface area (Å²) in [4.78, 5) is 11.9. The highest BCUT2D eigenvalue weighted by Crippen LogP contribution is 2.42. The van der Waals surface area contributed by atoms with Gasteiger partial charge in [0.1, 0.15) is 5.60 Å². The molecule has 2 fully saturated rings. The molecular weight excluding hydrogens is 408 g/mol. The molecule has 0 saturated heterocycles. The Morgan fingerprint density at radius 1 is 1.25 bits per heavy atom. The summed E-state index contributed by atoms with van der Waals surface area (Å²) in [6.45, 7) is 3.58. The van der Waals surface area contributed by atoms with Crippen LogP contribution in [0.1, 0.15) is 83.6 Å². The SMILES string of the molecule is CCC[C@H](CO)[C@@H]1CC[C@](CCc2ccc(O)c(OC3CCCC3)c2)(OC(C)=O)C[C@H]1O. The minimum atomic E-state index is -0.710. The number of hydrogen-bond donors (Lipinski definition) is 3. The third-order valence-corrected chi connectivity index (χ3v) is 7.36. The first-order valence-electron chi connectivity index (χ1n) is 12.3. The molecule has 0 bridgehead atoms. The molecule has 3 rings (SSSR count). The van der Waals surface area contributed by atoms with Crippen molar-refractivity contribution in [1.29, 1.82) is 0 Å². The van der Waals surface area contributed by atoms with Gasteiger partial charge in [-0.2, -0.15) is 0 Å². The molecule has 0 amide bonds. The zero-order chi connectivity index (χ0) is 23.1. The topological polar surface area (TPSA) is 96.2 Å². The second-order valence-corrected chi connectivity index (χ2v) is 9.81. The Balaban J connectivity index is 1.68. The first-order chi connectivity index (χ1) is 15.4. The Labute approximate surface area is 191 Å². The van der Waals surface area contributed by atoms with Crippen molar-refractivity contribution >= 4 is 5.97 Å². The zero-order valence-corrected chi connectivity index (χ0v) is 19.6. The van der Waals surface area contributed by atoms with E-state index in [9.17, 15) is 20.1 Å². The number of benzene rings is 1. The average Bonchev–Trinajstić information content (AvgIpc) is 3.26. The van der Waals surface area contributed by atoms with E-state index in [1.165, 1.54) is 6.92 Å². The van der Waals surface area contributed by atoms with Crippen LogP contribution in [0.2, 0.25) is 0 Å². The molecule has 32 heavy (non-hydrogen) atoms. The van der Waals surface area contributed by atoms with E-state index in [1.807, 2.05) is 12.1 Å². The number of carbonyl (C=O) groups is 1. The van der Waals surface area contributed by atoms with E-state index in [4.69, 9.17) is 9.47 Å². The number of ether oxygens (including phenoxy) is 2. The maximum Gasteiger partial charge on any atom is 0.303 e. The van der Waals surface area contributed by atoms with E-state index >= 15 is 0 Å². The van der Waals surface area contributed by atoms with Crippen LogP contribution in [0.5, 0.6) is 11.5 Å². The average molecular weight is 449 g/mol. The highest BCUT2D eigenvalue weighted by atomic mass is 16.6. The number of phenolic OH excluding ortho intramolecular Hbond substituents is 1. The van der Waals surface area contributed by atoms with Crippen LogP contribution in [0.15, 0.2) is 18.2 Å². The first-order valence-corrected chi connectivity index (χ1v) is 12.3. The standard InChI is InChI=1S/C26H40O6/c1-3-6-20(17-27)22-12-14-26(16-24(22)30,32-18(2)28)13-11-19-9-10-23(29)25(15-19)31-21-7-4-5-8-21/h9-10,15,20-22,24,27,29-30H,3-8,11-14,16-17H2,1-2H3/t20-,22+,24-,26+/m1/s1. The van der Waals surface area contributed by atoms with Gasteiger partial charge < -0.3 is 24.8 Å². The van der Waals surface area contributed by atoms with Crippen LogP contribution in [0, 0.1) is 11.8 Å². The molecular formula is C26H40O6. The van der Waals surface area contributed by atoms with Gasteiger partial charge >= 0.3 is 5.97 Å². The van der Waals surface area contributed by atoms with Crippen LogP contribution < -0.4 is 4.74 Å². The lowest BCUT2D eigenvalue weighted by Gasteiger charge is -2.44. The molecule has 0 aromatic heterocycles. The lowest BCUT2D eigenvalue weighted by Crippen LogP contribution is -2.47. The van der Waals surface area contributed by atoms with Crippen molar-refractivity contribution in [2.45, 2.75) is 102 Å². The number of aliphatic hydroxyl groups excluding tert-OH is 2. The van der Waals surface area contributed by atoms with Crippen molar-refractivity contribution < 1.29 is 29.6 Å². The second kappa shape index (κ2) is 11.4. The number of rotatable bonds is 10. The Hall–Kier alpha value is -1.79. The number of carbonyl (C=O) groups excluding carboxylic acids is 1. The van der Waals surface area contributed by atoms with Crippen molar-refractivity contribution in [3.05, 3.63) is 23.8 Å². The van der Waals surface area contributed by atoms with Gasteiger partial charge in [-0.05, 0) is 87.3 Å². The molecule has 180 valence electrons. The Kier molecular flexibility index (Phi) is 8.83. The maximum atomic E-state index is 11.9. The molecule has 2 aliphatic carbocycles. The van der Waals surface area contributed by atoms with Gasteiger partial charge in [-0.25, -0.2) is 0 Å². The van der Waals surface area contributed by atoms with Crippen LogP contribution >= 0.6 is 0 Å². The molecule has 0 spiro atoms. The van der Waals surface area contributed by atoms with Gasteiger partial charge in [0.25, 0.3) is 0 Å². The lowest BCUT2D eigenvalue weighted by molar-refractivity contribution is -0.170. The summed E-state index contributed by atoms with van der Waals surface area (Å²) in [5.74, 6) is 0.447. The summed E-state index contributed by atoms with van der Waals surface area (Å²) in [6.07, 6.45) is 8.83. The van der Waals surface area contributed by atoms with Crippen molar-refractivity contribution in [1.82, 2.24) is 0 Å². The van der Waals surface area contributed by atoms with E-state index in [0.717, 1.165) is 50.5 Å². The van der Waals surface area contributed by atoms with Gasteiger partial charge in [-0.3, -0.25) is 4.79 Å². The molecule has 6 nitrogen and oxygen atoms in total. The van der Waals surface area contributed by atoms with Crippen LogP contribution in [0.3, 0.4) is 0 Å². The molecule has 2 aliphatic rings. The van der Waals surface area contributed by atoms with Crippen LogP contribution in [0.4, 0.5) is 0 Å². The van der Waals surface area contributed by atoms with E-state index < -0.39 is 11.7 Å². The van der Waals surface area contributed by atoms with Crippen molar-refractivity contribution in [3.63, 3.8) is 0 Å². The molecule has 1 aromatic carbocycles. The van der Waals surface area contributed by atoms with Gasteiger partial charge in [0, 0.05) is 20.0 Å². The highest BCUT2D eigenvalue weighted by Gasteiger charge is 2.44. The molecule has 0 unspecified atom stereocenters. The number of aryl methyl sites for hydroxylation is 1. The predicted molar refractivity (Wildman–Crippen MR) is 123 cm³/mol. The molecule has 4 atom stereocenters. The molecule has 3 N–H and O–H groups in total. The lowest BCUT2D eigenvalue weighted by atomic mass is 9.69. The summed E-state index contributed by atoms with van der Waals surface area (Å²) in [5, 5.41) is 30.9. The number of aromatic hydroxyl groups is 1. The fourth-order valence-electron chi connectivity index (χ4n) is 5.66. The normalized spacial score (nSPS) is 27.2. The van der Waals surface area contributed by atoms with Crippen molar-refractivity contribution in [2.75, 3.05) is 6.61 Å². The minimum absolute atomic E-state index is 0.0312. The summed E-state index contributed by atoms with van der Waals surface area (Å²) in [6, 6.07) is 5.43. The van der Waals surface area contributed by atoms with E-state index in [-0.39, 0.29) is 36.3 Å². The van der Waals surface area contributed by atoms with E-state index in [2.05, 4.69) is 6.92 Å². The third kappa shape index (κ3) is 6.38. The molecule has 0 aliphatic heterocycles. The van der Waals surface area contributed by atoms with Crippen LogP contribution in [0.25, 0.3) is 0 Å². The van der Waals surface area contributed by atoms with Crippen LogP contribution in [-0.4, -0.2) is 45.7 Å². The summed E-state index contributed by atoms with van der Waals surface area (Å²) >= 11 is 0. The maximum absolute atomic E-state index is 11.9. The number of esters is 1. The third-order valence-electron chi connectivity index (χ3n) is 7.36. The highest BCUT2D eigenvalue weighted by molar-refractivity contribution is 5.66. The number of phenols is 1. The fraction of sp³-hybridized carbons (Fsp3) is 0.731. The Morgan fingerprint density at radius 2 is 2.00 bits per heavy atom. The molecule has 2 saturated carbocycles. The quantitative estimate of drug-likeness (QED) is 0.456. The first kappa shape index (κ1) is 24.8. The van der Waals surface area contributed by atoms with Crippen molar-refractivity contribution in [3.8, 4) is 11.5 Å². The van der Waals surface area contributed by atoms with Gasteiger partial charge in [0.2, 0.25) is 0 Å². The Morgan fingerprint density at radius 3 is 2.62 bits per heavy atom. The summed E-state index contributed by atoms with van der Waals surface area (Å²) in [7, 11) is 0. The van der Waals surface area contributed by atoms with Crippen molar-refractivity contribution in [2.24, 2.45) is 11.8 Å². The molecule has 6 heteroatoms. The zero-order valence-electron chi connectivity index (χ0n) is 19.6. The second-order valence-electron chi connectivity index (χ2n) is 9.81. The number of hydrogen-bond acceptors (Lipinski definition) is 6. The molecule has 0 heterocycles. The van der Waals surface area contributed by atoms with E-state index in [1.54, 1.807) is 6.07 Å². The van der Waals surface area contributed by atoms with Gasteiger partial charge in [0.15, 0.2) is 11.5 Å². The Bertz CT molecular complexity index is 744. The fourth-order valence-corrected chi connectivity index (χ4v) is 5.66. The van der Waals surface area contributed by atoms with Crippen LogP contribution in [-0.2, 0) is 16.0 Å².